The van der Waals surface area contributed by atoms with Crippen LogP contribution in [0.4, 0.5) is 4.39 Å². The standard InChI is InChI=1S/C32H38FN5O6S/c1-19-7-5-6-8-27(19)45(42,43)38-11-12-44-18-26(38)30(40)36-16-23-15-22(36)17-37(23)31(41)28(32(2,3)4)35-29(39)25-14-20-13-21(33)9-10-24(20)34-25/h5-10,13-14,22-23,26,28,34H,11-12,15-18H2,1-4H3,(H,35,39)/t22-,23-,26+,28+/m0/s1. The lowest BCUT2D eigenvalue weighted by atomic mass is 9.85. The van der Waals surface area contributed by atoms with Gasteiger partial charge in [0.05, 0.1) is 30.2 Å². The van der Waals surface area contributed by atoms with Gasteiger partial charge in [0.25, 0.3) is 5.91 Å². The number of aryl methyl sites for hydroxylation is 1. The molecule has 3 aromatic rings. The molecule has 13 heteroatoms. The number of nitrogens with one attached hydrogen (secondary N) is 2. The van der Waals surface area contributed by atoms with Crippen LogP contribution in [0.25, 0.3) is 10.9 Å². The Morgan fingerprint density at radius 2 is 1.76 bits per heavy atom. The zero-order valence-corrected chi connectivity index (χ0v) is 26.6. The monoisotopic (exact) mass is 639 g/mol. The van der Waals surface area contributed by atoms with Gasteiger partial charge in [-0.1, -0.05) is 39.0 Å². The molecule has 0 saturated carbocycles. The van der Waals surface area contributed by atoms with Crippen molar-refractivity contribution in [3.05, 3.63) is 65.6 Å². The van der Waals surface area contributed by atoms with Gasteiger partial charge in [0.15, 0.2) is 0 Å². The summed E-state index contributed by atoms with van der Waals surface area (Å²) < 4.78 is 47.8. The summed E-state index contributed by atoms with van der Waals surface area (Å²) in [5.41, 5.74) is 0.794. The number of piperazine rings is 1. The van der Waals surface area contributed by atoms with Gasteiger partial charge in [-0.15, -0.1) is 0 Å². The maximum atomic E-state index is 14.0. The van der Waals surface area contributed by atoms with Crippen LogP contribution in [0, 0.1) is 18.2 Å². The smallest absolute Gasteiger partial charge is 0.268 e. The fourth-order valence-electron chi connectivity index (χ4n) is 6.69. The second kappa shape index (κ2) is 11.5. The number of carbonyl (C=O) groups is 3. The lowest BCUT2D eigenvalue weighted by Crippen LogP contribution is -2.62. The second-order valence-electron chi connectivity index (χ2n) is 13.2. The maximum absolute atomic E-state index is 14.0. The summed E-state index contributed by atoms with van der Waals surface area (Å²) in [5, 5.41) is 3.44. The van der Waals surface area contributed by atoms with Crippen LogP contribution in [-0.2, 0) is 24.3 Å². The highest BCUT2D eigenvalue weighted by Gasteiger charge is 2.52. The van der Waals surface area contributed by atoms with Crippen molar-refractivity contribution in [2.24, 2.45) is 5.41 Å². The average Bonchev–Trinajstić information content (AvgIpc) is 3.73. The number of sulfonamides is 1. The third-order valence-corrected chi connectivity index (χ3v) is 11.1. The Morgan fingerprint density at radius 1 is 1.04 bits per heavy atom. The predicted octanol–water partition coefficient (Wildman–Crippen LogP) is 2.66. The summed E-state index contributed by atoms with van der Waals surface area (Å²) >= 11 is 0. The van der Waals surface area contributed by atoms with Crippen molar-refractivity contribution in [2.45, 2.75) is 63.2 Å². The SMILES string of the molecule is Cc1ccccc1S(=O)(=O)N1CCOC[C@@H]1C(=O)N1C[C@@H]2C[C@H]1CN2C(=O)[C@@H](NC(=O)c1cc2cc(F)ccc2[nH]1)C(C)(C)C. The Labute approximate surface area is 261 Å². The summed E-state index contributed by atoms with van der Waals surface area (Å²) in [7, 11) is -3.95. The van der Waals surface area contributed by atoms with Crippen molar-refractivity contribution >= 4 is 38.6 Å². The molecule has 11 nitrogen and oxygen atoms in total. The first kappa shape index (κ1) is 31.2. The summed E-state index contributed by atoms with van der Waals surface area (Å²) in [6.07, 6.45) is 0.563. The number of likely N-dealkylation sites (tertiary alicyclic amines) is 2. The third kappa shape index (κ3) is 5.72. The van der Waals surface area contributed by atoms with Gasteiger partial charge in [-0.05, 0) is 54.7 Å². The van der Waals surface area contributed by atoms with Crippen LogP contribution in [0.15, 0.2) is 53.4 Å². The van der Waals surface area contributed by atoms with Crippen molar-refractivity contribution in [3.63, 3.8) is 0 Å². The van der Waals surface area contributed by atoms with Crippen molar-refractivity contribution in [1.29, 1.82) is 0 Å². The fourth-order valence-corrected chi connectivity index (χ4v) is 8.47. The van der Waals surface area contributed by atoms with E-state index in [0.717, 1.165) is 0 Å². The number of halogens is 1. The normalized spacial score (nSPS) is 23.0. The van der Waals surface area contributed by atoms with Gasteiger partial charge in [-0.3, -0.25) is 14.4 Å². The van der Waals surface area contributed by atoms with E-state index in [4.69, 9.17) is 4.74 Å². The highest BCUT2D eigenvalue weighted by Crippen LogP contribution is 2.35. The van der Waals surface area contributed by atoms with Crippen LogP contribution in [-0.4, -0.2) is 102 Å². The van der Waals surface area contributed by atoms with Crippen LogP contribution < -0.4 is 5.32 Å². The van der Waals surface area contributed by atoms with Gasteiger partial charge in [-0.2, -0.15) is 4.31 Å². The van der Waals surface area contributed by atoms with E-state index in [0.29, 0.717) is 22.9 Å². The number of ether oxygens (including phenoxy) is 1. The molecule has 4 heterocycles. The summed E-state index contributed by atoms with van der Waals surface area (Å²) in [6, 6.07) is 10.0. The Kier molecular flexibility index (Phi) is 7.99. The number of benzene rings is 2. The number of aromatic amines is 1. The zero-order chi connectivity index (χ0) is 32.3. The fraction of sp³-hybridized carbons (Fsp3) is 0.469. The molecule has 2 aromatic carbocycles. The number of hydrogen-bond donors (Lipinski definition) is 2. The van der Waals surface area contributed by atoms with E-state index in [1.54, 1.807) is 53.1 Å². The number of hydrogen-bond acceptors (Lipinski definition) is 6. The third-order valence-electron chi connectivity index (χ3n) is 9.07. The van der Waals surface area contributed by atoms with E-state index in [9.17, 15) is 27.2 Å². The van der Waals surface area contributed by atoms with E-state index in [1.807, 2.05) is 20.8 Å². The predicted molar refractivity (Wildman–Crippen MR) is 164 cm³/mol. The minimum Gasteiger partial charge on any atom is -0.378 e. The molecule has 0 spiro atoms. The molecule has 4 atom stereocenters. The molecule has 3 aliphatic heterocycles. The van der Waals surface area contributed by atoms with Crippen molar-refractivity contribution in [1.82, 2.24) is 24.4 Å². The molecule has 3 fully saturated rings. The lowest BCUT2D eigenvalue weighted by Gasteiger charge is -2.41. The highest BCUT2D eigenvalue weighted by atomic mass is 32.2. The molecule has 3 amide bonds. The van der Waals surface area contributed by atoms with E-state index >= 15 is 0 Å². The molecule has 45 heavy (non-hydrogen) atoms. The zero-order valence-electron chi connectivity index (χ0n) is 25.7. The second-order valence-corrected chi connectivity index (χ2v) is 15.0. The minimum atomic E-state index is -3.95. The van der Waals surface area contributed by atoms with Gasteiger partial charge in [0.1, 0.15) is 23.6 Å². The lowest BCUT2D eigenvalue weighted by molar-refractivity contribution is -0.146. The number of morpholine rings is 1. The van der Waals surface area contributed by atoms with Gasteiger partial charge >= 0.3 is 0 Å². The first-order valence-corrected chi connectivity index (χ1v) is 16.5. The van der Waals surface area contributed by atoms with Crippen LogP contribution in [0.3, 0.4) is 0 Å². The molecular formula is C32H38FN5O6S. The van der Waals surface area contributed by atoms with Crippen LogP contribution >= 0.6 is 0 Å². The van der Waals surface area contributed by atoms with Gasteiger partial charge in [0.2, 0.25) is 21.8 Å². The quantitative estimate of drug-likeness (QED) is 0.427. The maximum Gasteiger partial charge on any atom is 0.268 e. The number of amides is 3. The van der Waals surface area contributed by atoms with Crippen LogP contribution in [0.1, 0.15) is 43.2 Å². The van der Waals surface area contributed by atoms with E-state index in [-0.39, 0.29) is 67.3 Å². The Morgan fingerprint density at radius 3 is 2.44 bits per heavy atom. The topological polar surface area (TPSA) is 132 Å². The molecule has 1 aromatic heterocycles. The molecule has 0 aliphatic carbocycles. The van der Waals surface area contributed by atoms with Crippen molar-refractivity contribution in [3.8, 4) is 0 Å². The van der Waals surface area contributed by atoms with E-state index in [1.165, 1.54) is 16.4 Å². The molecule has 0 radical (unpaired) electrons. The van der Waals surface area contributed by atoms with Gasteiger partial charge in [-0.25, -0.2) is 12.8 Å². The molecular weight excluding hydrogens is 601 g/mol. The van der Waals surface area contributed by atoms with Gasteiger partial charge < -0.3 is 24.8 Å². The molecule has 0 unspecified atom stereocenters. The first-order chi connectivity index (χ1) is 21.3. The number of aromatic nitrogens is 1. The molecule has 2 bridgehead atoms. The molecule has 240 valence electrons. The highest BCUT2D eigenvalue weighted by molar-refractivity contribution is 7.89. The number of fused-ring (bicyclic) bond motifs is 3. The molecule has 3 aliphatic rings. The number of rotatable bonds is 6. The summed E-state index contributed by atoms with van der Waals surface area (Å²) in [6.45, 7) is 8.09. The molecule has 3 saturated heterocycles. The number of carbonyl (C=O) groups excluding carboxylic acids is 3. The summed E-state index contributed by atoms with van der Waals surface area (Å²) in [5.74, 6) is -1.47. The van der Waals surface area contributed by atoms with Crippen molar-refractivity contribution in [2.75, 3.05) is 32.8 Å². The van der Waals surface area contributed by atoms with E-state index < -0.39 is 39.2 Å². The molecule has 6 rings (SSSR count). The minimum absolute atomic E-state index is 0.0427. The van der Waals surface area contributed by atoms with Crippen LogP contribution in [0.5, 0.6) is 0 Å². The Balaban J connectivity index is 1.16. The van der Waals surface area contributed by atoms with E-state index in [2.05, 4.69) is 10.3 Å². The van der Waals surface area contributed by atoms with Gasteiger partial charge in [0, 0.05) is 30.5 Å². The Bertz CT molecular complexity index is 1770. The first-order valence-electron chi connectivity index (χ1n) is 15.1. The van der Waals surface area contributed by atoms with Crippen molar-refractivity contribution < 1.29 is 31.9 Å². The summed E-state index contributed by atoms with van der Waals surface area (Å²) in [4.78, 5) is 47.7. The molecule has 2 N–H and O–H groups in total. The van der Waals surface area contributed by atoms with Crippen LogP contribution in [0.2, 0.25) is 0 Å². The largest absolute Gasteiger partial charge is 0.378 e. The Hall–Kier alpha value is -3.81. The average molecular weight is 640 g/mol. The number of H-pyrrole nitrogens is 1. The number of nitrogens with zero attached hydrogens (tertiary/aromatic N) is 3.